The van der Waals surface area contributed by atoms with Gasteiger partial charge in [-0.05, 0) is 108 Å². The van der Waals surface area contributed by atoms with Gasteiger partial charge in [0.25, 0.3) is 0 Å². The Balaban J connectivity index is 0.890. The van der Waals surface area contributed by atoms with Gasteiger partial charge in [-0.25, -0.2) is 4.99 Å². The van der Waals surface area contributed by atoms with E-state index in [2.05, 4.69) is 235 Å². The summed E-state index contributed by atoms with van der Waals surface area (Å²) >= 11 is 0. The maximum atomic E-state index is 4.83. The molecular weight excluding hydrogens is 825 g/mol. The number of nitrogens with zero attached hydrogens (tertiary/aromatic N) is 2. The van der Waals surface area contributed by atoms with E-state index in [1.807, 2.05) is 42.6 Å². The van der Waals surface area contributed by atoms with E-state index in [-0.39, 0.29) is 0 Å². The normalized spacial score (nSPS) is 14.0. The molecule has 1 aliphatic carbocycles. The molecule has 0 aromatic heterocycles. The van der Waals surface area contributed by atoms with Crippen LogP contribution < -0.4 is 10.7 Å². The molecule has 10 aromatic carbocycles. The van der Waals surface area contributed by atoms with Crippen LogP contribution in [-0.2, 0) is 12.0 Å². The Hall–Kier alpha value is -8.86. The Morgan fingerprint density at radius 2 is 0.941 bits per heavy atom. The van der Waals surface area contributed by atoms with Crippen LogP contribution in [0.25, 0.3) is 44.5 Å². The monoisotopic (exact) mass is 872 g/mol. The van der Waals surface area contributed by atoms with Crippen molar-refractivity contribution in [2.24, 2.45) is 10.1 Å². The number of nitrogens with one attached hydrogen (secondary N) is 2. The van der Waals surface area contributed by atoms with Gasteiger partial charge in [0.05, 0.1) is 12.0 Å². The van der Waals surface area contributed by atoms with Crippen LogP contribution in [0.3, 0.4) is 0 Å². The first kappa shape index (κ1) is 41.8. The molecule has 0 saturated carbocycles. The van der Waals surface area contributed by atoms with Crippen molar-refractivity contribution < 1.29 is 0 Å². The molecule has 11 rings (SSSR count). The van der Waals surface area contributed by atoms with Gasteiger partial charge < -0.3 is 10.7 Å². The van der Waals surface area contributed by atoms with Crippen LogP contribution in [0.1, 0.15) is 38.9 Å². The van der Waals surface area contributed by atoms with Crippen molar-refractivity contribution in [2.75, 3.05) is 5.32 Å². The predicted molar refractivity (Wildman–Crippen MR) is 284 cm³/mol. The highest BCUT2D eigenvalue weighted by molar-refractivity contribution is 6.05. The van der Waals surface area contributed by atoms with Crippen molar-refractivity contribution in [1.29, 1.82) is 0 Å². The lowest BCUT2D eigenvalue weighted by molar-refractivity contribution is 0.743. The highest BCUT2D eigenvalue weighted by Gasteiger charge is 2.47. The molecule has 0 amide bonds. The lowest BCUT2D eigenvalue weighted by atomic mass is 9.67. The minimum absolute atomic E-state index is 0.553. The molecule has 10 aromatic rings. The van der Waals surface area contributed by atoms with Gasteiger partial charge in [0.2, 0.25) is 0 Å². The molecule has 1 aliphatic rings. The van der Waals surface area contributed by atoms with E-state index < -0.39 is 5.41 Å². The second-order valence-electron chi connectivity index (χ2n) is 17.1. The minimum atomic E-state index is -0.574. The van der Waals surface area contributed by atoms with Crippen LogP contribution in [0.2, 0.25) is 0 Å². The van der Waals surface area contributed by atoms with Crippen LogP contribution in [0.5, 0.6) is 0 Å². The Bertz CT molecular complexity index is 3380. The SMILES string of the molecule is C(=N/C(=N\NCc1ccc(-c2cccc(-c3ccc4c(c3)C(c3ccccc3)(c3ccccc3Nc3ccccc3)c3ccccc3-4)c2)cc1)c1ccc(-c2ccccc2)cc1)c1ccccc1. The van der Waals surface area contributed by atoms with E-state index in [1.165, 1.54) is 50.1 Å². The van der Waals surface area contributed by atoms with Crippen molar-refractivity contribution in [3.63, 3.8) is 0 Å². The minimum Gasteiger partial charge on any atom is -0.355 e. The number of aliphatic imine (C=N–C) groups is 1. The van der Waals surface area contributed by atoms with Crippen molar-refractivity contribution >= 4 is 23.4 Å². The molecule has 68 heavy (non-hydrogen) atoms. The highest BCUT2D eigenvalue weighted by atomic mass is 15.3. The fourth-order valence-corrected chi connectivity index (χ4v) is 9.68. The van der Waals surface area contributed by atoms with Crippen LogP contribution in [0.4, 0.5) is 11.4 Å². The zero-order valence-corrected chi connectivity index (χ0v) is 37.5. The number of para-hydroxylation sites is 2. The largest absolute Gasteiger partial charge is 0.355 e. The molecule has 0 radical (unpaired) electrons. The molecule has 2 N–H and O–H groups in total. The van der Waals surface area contributed by atoms with Gasteiger partial charge >= 0.3 is 0 Å². The van der Waals surface area contributed by atoms with E-state index in [9.17, 15) is 0 Å². The van der Waals surface area contributed by atoms with E-state index in [1.54, 1.807) is 0 Å². The number of hydrazone groups is 1. The molecular formula is C64H48N4. The van der Waals surface area contributed by atoms with Crippen molar-refractivity contribution in [3.05, 3.63) is 300 Å². The van der Waals surface area contributed by atoms with Crippen LogP contribution >= 0.6 is 0 Å². The molecule has 0 aliphatic heterocycles. The summed E-state index contributed by atoms with van der Waals surface area (Å²) in [5.74, 6) is 0.617. The molecule has 0 heterocycles. The first-order valence-electron chi connectivity index (χ1n) is 23.2. The van der Waals surface area contributed by atoms with Gasteiger partial charge in [-0.3, -0.25) is 0 Å². The third-order valence-electron chi connectivity index (χ3n) is 13.0. The third-order valence-corrected chi connectivity index (χ3v) is 13.0. The Kier molecular flexibility index (Phi) is 11.6. The number of anilines is 2. The van der Waals surface area contributed by atoms with Gasteiger partial charge in [-0.1, -0.05) is 231 Å². The molecule has 4 heteroatoms. The smallest absolute Gasteiger partial charge is 0.178 e. The van der Waals surface area contributed by atoms with E-state index >= 15 is 0 Å². The fraction of sp³-hybridized carbons (Fsp3) is 0.0312. The number of hydrogen-bond acceptors (Lipinski definition) is 3. The lowest BCUT2D eigenvalue weighted by Crippen LogP contribution is -2.29. The molecule has 4 nitrogen and oxygen atoms in total. The summed E-state index contributed by atoms with van der Waals surface area (Å²) in [6.45, 7) is 0.553. The first-order valence-corrected chi connectivity index (χ1v) is 23.2. The quantitative estimate of drug-likeness (QED) is 0.0730. The zero-order chi connectivity index (χ0) is 45.5. The third kappa shape index (κ3) is 8.32. The van der Waals surface area contributed by atoms with E-state index in [0.717, 1.165) is 44.8 Å². The van der Waals surface area contributed by atoms with Crippen LogP contribution in [-0.4, -0.2) is 12.1 Å². The summed E-state index contributed by atoms with van der Waals surface area (Å²) in [4.78, 5) is 4.83. The topological polar surface area (TPSA) is 48.8 Å². The van der Waals surface area contributed by atoms with Crippen LogP contribution in [0, 0.1) is 0 Å². The summed E-state index contributed by atoms with van der Waals surface area (Å²) in [7, 11) is 0. The standard InChI is InChI=1S/C64H48N4/c1-5-18-46(19-6-1)44-65-63(51-38-36-49(37-39-51)48-20-7-2-8-21-48)68-66-45-47-32-34-50(35-33-47)52-22-17-23-53(42-52)54-40-41-58-57-28-13-14-29-59(57)64(61(58)43-54,55-24-9-3-10-25-55)60-30-15-16-31-62(60)67-56-26-11-4-12-27-56/h1-44,66-67H,45H2/b65-44?,68-63-. The summed E-state index contributed by atoms with van der Waals surface area (Å²) in [5.41, 5.74) is 22.4. The number of hydrogen-bond donors (Lipinski definition) is 2. The highest BCUT2D eigenvalue weighted by Crippen LogP contribution is 2.58. The fourth-order valence-electron chi connectivity index (χ4n) is 9.68. The molecule has 1 atom stereocenters. The summed E-state index contributed by atoms with van der Waals surface area (Å²) < 4.78 is 0. The van der Waals surface area contributed by atoms with E-state index in [4.69, 9.17) is 10.1 Å². The summed E-state index contributed by atoms with van der Waals surface area (Å²) in [6.07, 6.45) is 1.86. The molecule has 1 unspecified atom stereocenters. The Labute approximate surface area is 398 Å². The number of amidine groups is 1. The zero-order valence-electron chi connectivity index (χ0n) is 37.5. The molecule has 0 fully saturated rings. The summed E-state index contributed by atoms with van der Waals surface area (Å²) in [5, 5.41) is 8.61. The second kappa shape index (κ2) is 18.9. The maximum absolute atomic E-state index is 4.83. The Morgan fingerprint density at radius 3 is 1.69 bits per heavy atom. The van der Waals surface area contributed by atoms with Gasteiger partial charge in [0.1, 0.15) is 0 Å². The van der Waals surface area contributed by atoms with Crippen molar-refractivity contribution in [1.82, 2.24) is 5.43 Å². The van der Waals surface area contributed by atoms with Gasteiger partial charge in [-0.2, -0.15) is 5.10 Å². The predicted octanol–water partition coefficient (Wildman–Crippen LogP) is 15.4. The van der Waals surface area contributed by atoms with Crippen molar-refractivity contribution in [2.45, 2.75) is 12.0 Å². The number of rotatable bonds is 12. The molecule has 0 bridgehead atoms. The van der Waals surface area contributed by atoms with Gasteiger partial charge in [-0.15, -0.1) is 0 Å². The van der Waals surface area contributed by atoms with E-state index in [0.29, 0.717) is 12.4 Å². The average Bonchev–Trinajstić information content (AvgIpc) is 3.71. The van der Waals surface area contributed by atoms with Gasteiger partial charge in [0.15, 0.2) is 5.84 Å². The maximum Gasteiger partial charge on any atom is 0.178 e. The molecule has 0 spiro atoms. The Morgan fingerprint density at radius 1 is 0.412 bits per heavy atom. The molecule has 324 valence electrons. The average molecular weight is 873 g/mol. The van der Waals surface area contributed by atoms with Gasteiger partial charge in [0, 0.05) is 23.2 Å². The number of fused-ring (bicyclic) bond motifs is 3. The first-order chi connectivity index (χ1) is 33.7. The van der Waals surface area contributed by atoms with Crippen molar-refractivity contribution in [3.8, 4) is 44.5 Å². The summed E-state index contributed by atoms with van der Waals surface area (Å²) in [6, 6.07) is 92.9. The second-order valence-corrected chi connectivity index (χ2v) is 17.1. The molecule has 0 saturated heterocycles. The lowest BCUT2D eigenvalue weighted by Gasteiger charge is -2.35. The van der Waals surface area contributed by atoms with Crippen LogP contribution in [0.15, 0.2) is 271 Å². The number of benzene rings is 10.